The van der Waals surface area contributed by atoms with Gasteiger partial charge in [0, 0.05) is 29.4 Å². The summed E-state index contributed by atoms with van der Waals surface area (Å²) in [5, 5.41) is 12.8. The van der Waals surface area contributed by atoms with Crippen LogP contribution in [-0.4, -0.2) is 30.6 Å². The molecule has 1 amide bonds. The fourth-order valence-corrected chi connectivity index (χ4v) is 2.09. The van der Waals surface area contributed by atoms with E-state index < -0.39 is 0 Å². The molecule has 0 aromatic heterocycles. The Kier molecular flexibility index (Phi) is 4.09. The first-order valence-electron chi connectivity index (χ1n) is 6.00. The Bertz CT molecular complexity index is 447. The molecule has 0 unspecified atom stereocenters. The summed E-state index contributed by atoms with van der Waals surface area (Å²) in [5.41, 5.74) is 1.44. The van der Waals surface area contributed by atoms with Crippen molar-refractivity contribution in [3.8, 4) is 0 Å². The van der Waals surface area contributed by atoms with Crippen LogP contribution in [0.25, 0.3) is 0 Å². The van der Waals surface area contributed by atoms with E-state index in [0.717, 1.165) is 18.5 Å². The molecule has 1 aromatic carbocycles. The largest absolute Gasteiger partial charge is 0.392 e. The zero-order valence-corrected chi connectivity index (χ0v) is 11.1. The molecule has 2 rings (SSSR count). The summed E-state index contributed by atoms with van der Waals surface area (Å²) in [7, 11) is 1.82. The molecule has 0 aliphatic heterocycles. The van der Waals surface area contributed by atoms with Gasteiger partial charge in [0.1, 0.15) is 0 Å². The smallest absolute Gasteiger partial charge is 0.239 e. The van der Waals surface area contributed by atoms with Gasteiger partial charge in [0.05, 0.1) is 13.2 Å². The van der Waals surface area contributed by atoms with Crippen molar-refractivity contribution in [2.24, 2.45) is 0 Å². The van der Waals surface area contributed by atoms with Crippen LogP contribution in [0.1, 0.15) is 18.4 Å². The van der Waals surface area contributed by atoms with Crippen molar-refractivity contribution in [2.45, 2.75) is 25.5 Å². The maximum absolute atomic E-state index is 11.7. The first-order valence-corrected chi connectivity index (χ1v) is 6.38. The van der Waals surface area contributed by atoms with Gasteiger partial charge in [-0.2, -0.15) is 0 Å². The third-order valence-electron chi connectivity index (χ3n) is 2.99. The summed E-state index contributed by atoms with van der Waals surface area (Å²) in [4.78, 5) is 13.5. The molecule has 5 heteroatoms. The molecule has 1 aliphatic carbocycles. The average Bonchev–Trinajstić information content (AvgIpc) is 3.12. The minimum absolute atomic E-state index is 0.00358. The number of carbonyl (C=O) groups is 1. The Hall–Kier alpha value is -1.26. The Morgan fingerprint density at radius 2 is 2.28 bits per heavy atom. The summed E-state index contributed by atoms with van der Waals surface area (Å²) in [6.45, 7) is 0.132. The molecule has 2 N–H and O–H groups in total. The normalized spacial score (nSPS) is 14.4. The van der Waals surface area contributed by atoms with E-state index in [1.807, 2.05) is 19.2 Å². The van der Waals surface area contributed by atoms with Gasteiger partial charge in [0.25, 0.3) is 0 Å². The molecule has 98 valence electrons. The fraction of sp³-hybridized carbons (Fsp3) is 0.462. The standard InChI is InChI=1S/C13H17ClN2O2/c1-16(7-13(18)15-9-5-6-9)12-4-2-3-11(14)10(12)8-17/h2-4,9,17H,5-8H2,1H3,(H,15,18). The molecular weight excluding hydrogens is 252 g/mol. The van der Waals surface area contributed by atoms with Crippen molar-refractivity contribution in [1.29, 1.82) is 0 Å². The third kappa shape index (κ3) is 3.15. The van der Waals surface area contributed by atoms with Gasteiger partial charge in [-0.25, -0.2) is 0 Å². The second-order valence-corrected chi connectivity index (χ2v) is 5.00. The van der Waals surface area contributed by atoms with Crippen LogP contribution in [0.3, 0.4) is 0 Å². The van der Waals surface area contributed by atoms with Gasteiger partial charge < -0.3 is 15.3 Å². The lowest BCUT2D eigenvalue weighted by molar-refractivity contribution is -0.119. The van der Waals surface area contributed by atoms with Gasteiger partial charge in [0.2, 0.25) is 5.91 Å². The summed E-state index contributed by atoms with van der Waals surface area (Å²) in [6, 6.07) is 5.76. The zero-order chi connectivity index (χ0) is 13.1. The van der Waals surface area contributed by atoms with Crippen molar-refractivity contribution in [3.63, 3.8) is 0 Å². The molecule has 4 nitrogen and oxygen atoms in total. The van der Waals surface area contributed by atoms with Crippen LogP contribution in [0.2, 0.25) is 5.02 Å². The average molecular weight is 269 g/mol. The quantitative estimate of drug-likeness (QED) is 0.852. The van der Waals surface area contributed by atoms with E-state index in [9.17, 15) is 9.90 Å². The number of rotatable bonds is 5. The number of likely N-dealkylation sites (N-methyl/N-ethyl adjacent to an activating group) is 1. The number of hydrogen-bond acceptors (Lipinski definition) is 3. The lowest BCUT2D eigenvalue weighted by atomic mass is 10.1. The van der Waals surface area contributed by atoms with Gasteiger partial charge >= 0.3 is 0 Å². The second kappa shape index (κ2) is 5.59. The van der Waals surface area contributed by atoms with Gasteiger partial charge in [-0.3, -0.25) is 4.79 Å². The Labute approximate surface area is 112 Å². The number of benzene rings is 1. The topological polar surface area (TPSA) is 52.6 Å². The highest BCUT2D eigenvalue weighted by molar-refractivity contribution is 6.31. The number of carbonyl (C=O) groups excluding carboxylic acids is 1. The van der Waals surface area contributed by atoms with Crippen molar-refractivity contribution < 1.29 is 9.90 Å². The van der Waals surface area contributed by atoms with Gasteiger partial charge in [0.15, 0.2) is 0 Å². The second-order valence-electron chi connectivity index (χ2n) is 4.59. The predicted octanol–water partition coefficient (Wildman–Crippen LogP) is 1.55. The van der Waals surface area contributed by atoms with Crippen LogP contribution in [0.5, 0.6) is 0 Å². The highest BCUT2D eigenvalue weighted by atomic mass is 35.5. The summed E-state index contributed by atoms with van der Waals surface area (Å²) in [5.74, 6) is 0.00358. The number of anilines is 1. The van der Waals surface area contributed by atoms with Crippen LogP contribution in [0.15, 0.2) is 18.2 Å². The molecule has 1 aliphatic rings. The van der Waals surface area contributed by atoms with E-state index in [1.54, 1.807) is 11.0 Å². The van der Waals surface area contributed by atoms with Gasteiger partial charge in [-0.05, 0) is 25.0 Å². The highest BCUT2D eigenvalue weighted by Crippen LogP contribution is 2.26. The SMILES string of the molecule is CN(CC(=O)NC1CC1)c1cccc(Cl)c1CO. The van der Waals surface area contributed by atoms with E-state index in [4.69, 9.17) is 11.6 Å². The van der Waals surface area contributed by atoms with Crippen LogP contribution < -0.4 is 10.2 Å². The Morgan fingerprint density at radius 1 is 1.56 bits per heavy atom. The van der Waals surface area contributed by atoms with Crippen LogP contribution in [0, 0.1) is 0 Å². The van der Waals surface area contributed by atoms with E-state index >= 15 is 0 Å². The first-order chi connectivity index (χ1) is 8.61. The predicted molar refractivity (Wildman–Crippen MR) is 71.8 cm³/mol. The molecule has 0 atom stereocenters. The first kappa shape index (κ1) is 13.2. The Morgan fingerprint density at radius 3 is 2.89 bits per heavy atom. The summed E-state index contributed by atoms with van der Waals surface area (Å²) < 4.78 is 0. The van der Waals surface area contributed by atoms with Crippen LogP contribution in [0.4, 0.5) is 5.69 Å². The summed E-state index contributed by atoms with van der Waals surface area (Å²) >= 11 is 6.02. The molecule has 0 saturated heterocycles. The number of nitrogens with one attached hydrogen (secondary N) is 1. The maximum Gasteiger partial charge on any atom is 0.239 e. The van der Waals surface area contributed by atoms with E-state index in [-0.39, 0.29) is 19.1 Å². The molecule has 1 fully saturated rings. The van der Waals surface area contributed by atoms with Gasteiger partial charge in [-0.15, -0.1) is 0 Å². The van der Waals surface area contributed by atoms with E-state index in [2.05, 4.69) is 5.32 Å². The molecular formula is C13H17ClN2O2. The van der Waals surface area contributed by atoms with E-state index in [1.165, 1.54) is 0 Å². The number of aliphatic hydroxyl groups is 1. The number of aliphatic hydroxyl groups excluding tert-OH is 1. The summed E-state index contributed by atoms with van der Waals surface area (Å²) in [6.07, 6.45) is 2.16. The molecule has 1 saturated carbocycles. The highest BCUT2D eigenvalue weighted by Gasteiger charge is 2.23. The van der Waals surface area contributed by atoms with Crippen molar-refractivity contribution in [3.05, 3.63) is 28.8 Å². The molecule has 0 radical (unpaired) electrons. The molecule has 0 bridgehead atoms. The van der Waals surface area contributed by atoms with Gasteiger partial charge in [-0.1, -0.05) is 17.7 Å². The fourth-order valence-electron chi connectivity index (χ4n) is 1.86. The lowest BCUT2D eigenvalue weighted by Crippen LogP contribution is -2.36. The van der Waals surface area contributed by atoms with Crippen molar-refractivity contribution >= 4 is 23.2 Å². The number of halogens is 1. The lowest BCUT2D eigenvalue weighted by Gasteiger charge is -2.22. The monoisotopic (exact) mass is 268 g/mol. The maximum atomic E-state index is 11.7. The van der Waals surface area contributed by atoms with Crippen molar-refractivity contribution in [1.82, 2.24) is 5.32 Å². The van der Waals surface area contributed by atoms with Crippen LogP contribution >= 0.6 is 11.6 Å². The minimum Gasteiger partial charge on any atom is -0.392 e. The van der Waals surface area contributed by atoms with Crippen LogP contribution in [-0.2, 0) is 11.4 Å². The molecule has 18 heavy (non-hydrogen) atoms. The number of nitrogens with zero attached hydrogens (tertiary/aromatic N) is 1. The number of hydrogen-bond donors (Lipinski definition) is 2. The zero-order valence-electron chi connectivity index (χ0n) is 10.3. The molecule has 1 aromatic rings. The Balaban J connectivity index is 2.05. The minimum atomic E-state index is -0.135. The molecule has 0 spiro atoms. The number of amides is 1. The molecule has 0 heterocycles. The van der Waals surface area contributed by atoms with E-state index in [0.29, 0.717) is 16.6 Å². The third-order valence-corrected chi connectivity index (χ3v) is 3.34. The van der Waals surface area contributed by atoms with Crippen molar-refractivity contribution in [2.75, 3.05) is 18.5 Å².